The van der Waals surface area contributed by atoms with Crippen molar-refractivity contribution in [3.05, 3.63) is 23.8 Å². The SMILES string of the molecule is COc1cccc2c1C(CC(C)N)CN2. The van der Waals surface area contributed by atoms with Crippen LogP contribution in [0.1, 0.15) is 24.8 Å². The summed E-state index contributed by atoms with van der Waals surface area (Å²) in [6.07, 6.45) is 1.00. The van der Waals surface area contributed by atoms with Crippen LogP contribution in [0.2, 0.25) is 0 Å². The van der Waals surface area contributed by atoms with Crippen LogP contribution in [0.15, 0.2) is 18.2 Å². The molecule has 0 radical (unpaired) electrons. The van der Waals surface area contributed by atoms with Crippen molar-refractivity contribution < 1.29 is 4.74 Å². The standard InChI is InChI=1S/C12H18N2O/c1-8(13)6-9-7-14-10-4-3-5-11(15-2)12(9)10/h3-5,8-9,14H,6-7,13H2,1-2H3. The Morgan fingerprint density at radius 2 is 2.40 bits per heavy atom. The fourth-order valence-electron chi connectivity index (χ4n) is 2.28. The molecule has 0 saturated heterocycles. The minimum Gasteiger partial charge on any atom is -0.496 e. The molecule has 1 aliphatic heterocycles. The summed E-state index contributed by atoms with van der Waals surface area (Å²) in [6, 6.07) is 6.35. The van der Waals surface area contributed by atoms with Crippen LogP contribution in [-0.2, 0) is 0 Å². The van der Waals surface area contributed by atoms with Crippen LogP contribution in [0.5, 0.6) is 5.75 Å². The van der Waals surface area contributed by atoms with Crippen molar-refractivity contribution in [2.45, 2.75) is 25.3 Å². The van der Waals surface area contributed by atoms with Crippen molar-refractivity contribution in [3.63, 3.8) is 0 Å². The lowest BCUT2D eigenvalue weighted by Gasteiger charge is -2.15. The predicted molar refractivity (Wildman–Crippen MR) is 62.5 cm³/mol. The van der Waals surface area contributed by atoms with Gasteiger partial charge < -0.3 is 15.8 Å². The second kappa shape index (κ2) is 4.11. The van der Waals surface area contributed by atoms with E-state index in [0.29, 0.717) is 5.92 Å². The molecular weight excluding hydrogens is 188 g/mol. The third kappa shape index (κ3) is 1.92. The van der Waals surface area contributed by atoms with Gasteiger partial charge >= 0.3 is 0 Å². The van der Waals surface area contributed by atoms with Gasteiger partial charge in [-0.1, -0.05) is 6.07 Å². The van der Waals surface area contributed by atoms with E-state index < -0.39 is 0 Å². The van der Waals surface area contributed by atoms with Crippen molar-refractivity contribution in [1.29, 1.82) is 0 Å². The minimum atomic E-state index is 0.229. The molecule has 0 fully saturated rings. The van der Waals surface area contributed by atoms with E-state index in [2.05, 4.69) is 11.4 Å². The number of benzene rings is 1. The molecule has 3 nitrogen and oxygen atoms in total. The molecule has 1 aliphatic rings. The largest absolute Gasteiger partial charge is 0.496 e. The van der Waals surface area contributed by atoms with Gasteiger partial charge in [0.25, 0.3) is 0 Å². The summed E-state index contributed by atoms with van der Waals surface area (Å²) < 4.78 is 5.39. The fraction of sp³-hybridized carbons (Fsp3) is 0.500. The van der Waals surface area contributed by atoms with Gasteiger partial charge in [0.1, 0.15) is 5.75 Å². The van der Waals surface area contributed by atoms with Gasteiger partial charge in [-0.3, -0.25) is 0 Å². The van der Waals surface area contributed by atoms with Crippen LogP contribution in [0.3, 0.4) is 0 Å². The lowest BCUT2D eigenvalue weighted by atomic mass is 9.94. The quantitative estimate of drug-likeness (QED) is 0.794. The predicted octanol–water partition coefficient (Wildman–Crippen LogP) is 1.94. The molecule has 1 aromatic rings. The van der Waals surface area contributed by atoms with E-state index in [1.807, 2.05) is 19.1 Å². The molecule has 3 N–H and O–H groups in total. The lowest BCUT2D eigenvalue weighted by molar-refractivity contribution is 0.405. The normalized spacial score (nSPS) is 20.6. The first-order chi connectivity index (χ1) is 7.22. The van der Waals surface area contributed by atoms with Gasteiger partial charge in [0.2, 0.25) is 0 Å². The van der Waals surface area contributed by atoms with Crippen molar-refractivity contribution in [2.24, 2.45) is 5.73 Å². The highest BCUT2D eigenvalue weighted by Crippen LogP contribution is 2.40. The van der Waals surface area contributed by atoms with E-state index in [1.54, 1.807) is 7.11 Å². The van der Waals surface area contributed by atoms with E-state index in [0.717, 1.165) is 18.7 Å². The first-order valence-electron chi connectivity index (χ1n) is 5.38. The summed E-state index contributed by atoms with van der Waals surface area (Å²) >= 11 is 0. The Balaban J connectivity index is 2.31. The van der Waals surface area contributed by atoms with Gasteiger partial charge in [0.05, 0.1) is 7.11 Å². The molecule has 2 atom stereocenters. The van der Waals surface area contributed by atoms with Gasteiger partial charge in [-0.15, -0.1) is 0 Å². The summed E-state index contributed by atoms with van der Waals surface area (Å²) in [5.74, 6) is 1.46. The Kier molecular flexibility index (Phi) is 2.82. The van der Waals surface area contributed by atoms with Crippen molar-refractivity contribution >= 4 is 5.69 Å². The zero-order chi connectivity index (χ0) is 10.8. The summed E-state index contributed by atoms with van der Waals surface area (Å²) in [6.45, 7) is 3.02. The molecule has 2 unspecified atom stereocenters. The van der Waals surface area contributed by atoms with E-state index in [9.17, 15) is 0 Å². The molecule has 0 saturated carbocycles. The monoisotopic (exact) mass is 206 g/mol. The highest BCUT2D eigenvalue weighted by atomic mass is 16.5. The number of ether oxygens (including phenoxy) is 1. The van der Waals surface area contributed by atoms with Crippen LogP contribution in [0, 0.1) is 0 Å². The van der Waals surface area contributed by atoms with Crippen molar-refractivity contribution in [3.8, 4) is 5.75 Å². The van der Waals surface area contributed by atoms with E-state index >= 15 is 0 Å². The minimum absolute atomic E-state index is 0.229. The number of hydrogen-bond donors (Lipinski definition) is 2. The van der Waals surface area contributed by atoms with E-state index in [4.69, 9.17) is 10.5 Å². The van der Waals surface area contributed by atoms with Crippen molar-refractivity contribution in [1.82, 2.24) is 0 Å². The number of anilines is 1. The van der Waals surface area contributed by atoms with Gasteiger partial charge in [0.15, 0.2) is 0 Å². The lowest BCUT2D eigenvalue weighted by Crippen LogP contribution is -2.19. The van der Waals surface area contributed by atoms with Gasteiger partial charge in [0, 0.05) is 29.8 Å². The van der Waals surface area contributed by atoms with Gasteiger partial charge in [-0.2, -0.15) is 0 Å². The van der Waals surface area contributed by atoms with Crippen LogP contribution in [0.4, 0.5) is 5.69 Å². The Morgan fingerprint density at radius 3 is 3.07 bits per heavy atom. The Morgan fingerprint density at radius 1 is 1.60 bits per heavy atom. The highest BCUT2D eigenvalue weighted by molar-refractivity contribution is 5.63. The second-order valence-electron chi connectivity index (χ2n) is 4.21. The number of nitrogens with one attached hydrogen (secondary N) is 1. The first-order valence-corrected chi connectivity index (χ1v) is 5.38. The van der Waals surface area contributed by atoms with E-state index in [1.165, 1.54) is 11.3 Å². The number of nitrogens with two attached hydrogens (primary N) is 1. The van der Waals surface area contributed by atoms with Gasteiger partial charge in [-0.25, -0.2) is 0 Å². The first kappa shape index (κ1) is 10.3. The van der Waals surface area contributed by atoms with E-state index in [-0.39, 0.29) is 6.04 Å². The smallest absolute Gasteiger partial charge is 0.124 e. The number of fused-ring (bicyclic) bond motifs is 1. The fourth-order valence-corrected chi connectivity index (χ4v) is 2.28. The van der Waals surface area contributed by atoms with Crippen LogP contribution >= 0.6 is 0 Å². The maximum absolute atomic E-state index is 5.85. The third-order valence-electron chi connectivity index (χ3n) is 2.89. The Hall–Kier alpha value is -1.22. The molecule has 0 aromatic heterocycles. The Bertz CT molecular complexity index is 349. The summed E-state index contributed by atoms with van der Waals surface area (Å²) in [4.78, 5) is 0. The average molecular weight is 206 g/mol. The molecular formula is C12H18N2O. The molecule has 2 rings (SSSR count). The second-order valence-corrected chi connectivity index (χ2v) is 4.21. The van der Waals surface area contributed by atoms with Gasteiger partial charge in [-0.05, 0) is 25.5 Å². The molecule has 15 heavy (non-hydrogen) atoms. The zero-order valence-corrected chi connectivity index (χ0v) is 9.29. The molecule has 3 heteroatoms. The maximum Gasteiger partial charge on any atom is 0.124 e. The molecule has 0 bridgehead atoms. The number of hydrogen-bond acceptors (Lipinski definition) is 3. The zero-order valence-electron chi connectivity index (χ0n) is 9.29. The summed E-state index contributed by atoms with van der Waals surface area (Å²) in [7, 11) is 1.72. The van der Waals surface area contributed by atoms with Crippen LogP contribution in [-0.4, -0.2) is 19.7 Å². The third-order valence-corrected chi connectivity index (χ3v) is 2.89. The molecule has 1 aromatic carbocycles. The number of methoxy groups -OCH3 is 1. The Labute approximate surface area is 90.6 Å². The molecule has 0 aliphatic carbocycles. The topological polar surface area (TPSA) is 47.3 Å². The summed E-state index contributed by atoms with van der Waals surface area (Å²) in [5.41, 5.74) is 8.34. The maximum atomic E-state index is 5.85. The average Bonchev–Trinajstić information content (AvgIpc) is 2.61. The molecule has 82 valence electrons. The molecule has 1 heterocycles. The summed E-state index contributed by atoms with van der Waals surface area (Å²) in [5, 5.41) is 3.39. The number of rotatable bonds is 3. The van der Waals surface area contributed by atoms with Crippen LogP contribution in [0.25, 0.3) is 0 Å². The van der Waals surface area contributed by atoms with Crippen molar-refractivity contribution in [2.75, 3.05) is 19.0 Å². The molecule has 0 amide bonds. The molecule has 0 spiro atoms. The van der Waals surface area contributed by atoms with Crippen LogP contribution < -0.4 is 15.8 Å². The highest BCUT2D eigenvalue weighted by Gasteiger charge is 2.26.